The average molecular weight is 397 g/mol. The summed E-state index contributed by atoms with van der Waals surface area (Å²) in [6, 6.07) is 0.0220. The first kappa shape index (κ1) is 18.0. The molecule has 4 heterocycles. The Morgan fingerprint density at radius 3 is 2.93 bits per heavy atom. The van der Waals surface area contributed by atoms with E-state index in [0.29, 0.717) is 5.56 Å². The number of hydrogen-bond acceptors (Lipinski definition) is 6. The van der Waals surface area contributed by atoms with Crippen molar-refractivity contribution in [3.63, 3.8) is 0 Å². The van der Waals surface area contributed by atoms with Gasteiger partial charge in [0, 0.05) is 23.7 Å². The number of rotatable bonds is 5. The summed E-state index contributed by atoms with van der Waals surface area (Å²) in [6.07, 6.45) is 10.7. The molecule has 144 valence electrons. The molecule has 1 aliphatic rings. The highest BCUT2D eigenvalue weighted by Gasteiger charge is 2.20. The molecular weight excluding hydrogens is 378 g/mol. The Morgan fingerprint density at radius 1 is 1.32 bits per heavy atom. The molecule has 9 nitrogen and oxygen atoms in total. The number of allylic oxidation sites excluding steroid dienone is 2. The van der Waals surface area contributed by atoms with Crippen molar-refractivity contribution in [2.45, 2.75) is 26.4 Å². The SMILES string of the molecule is CC1=CNC(C)C(NC(=O)c2cnn3cc(-c4cnn(CC(N)=O)c4)sc23)=C1. The summed E-state index contributed by atoms with van der Waals surface area (Å²) in [4.78, 5) is 25.5. The lowest BCUT2D eigenvalue weighted by atomic mass is 10.1. The minimum atomic E-state index is -0.458. The number of nitrogens with zero attached hydrogens (tertiary/aromatic N) is 4. The molecule has 3 aromatic heterocycles. The molecule has 0 aliphatic carbocycles. The van der Waals surface area contributed by atoms with Crippen molar-refractivity contribution in [3.05, 3.63) is 53.9 Å². The van der Waals surface area contributed by atoms with E-state index in [0.717, 1.165) is 26.5 Å². The van der Waals surface area contributed by atoms with E-state index in [1.807, 2.05) is 32.3 Å². The molecular formula is C18H19N7O2S. The maximum atomic E-state index is 12.8. The molecule has 1 unspecified atom stereocenters. The van der Waals surface area contributed by atoms with Gasteiger partial charge in [-0.15, -0.1) is 11.3 Å². The summed E-state index contributed by atoms with van der Waals surface area (Å²) in [5.74, 6) is -0.664. The number of dihydropyridines is 1. The predicted molar refractivity (Wildman–Crippen MR) is 105 cm³/mol. The molecule has 0 saturated heterocycles. The number of thiazole rings is 1. The fourth-order valence-electron chi connectivity index (χ4n) is 2.91. The van der Waals surface area contributed by atoms with Crippen molar-refractivity contribution in [3.8, 4) is 10.4 Å². The van der Waals surface area contributed by atoms with Gasteiger partial charge in [-0.2, -0.15) is 10.2 Å². The van der Waals surface area contributed by atoms with Crippen LogP contribution in [0.15, 0.2) is 48.3 Å². The average Bonchev–Trinajstić information content (AvgIpc) is 3.32. The molecule has 0 bridgehead atoms. The number of nitrogens with two attached hydrogens (primary N) is 1. The van der Waals surface area contributed by atoms with Crippen LogP contribution in [0.4, 0.5) is 0 Å². The monoisotopic (exact) mass is 397 g/mol. The lowest BCUT2D eigenvalue weighted by Crippen LogP contribution is -2.36. The van der Waals surface area contributed by atoms with Crippen molar-refractivity contribution in [1.82, 2.24) is 30.0 Å². The Bertz CT molecular complexity index is 1130. The molecule has 0 spiro atoms. The zero-order valence-electron chi connectivity index (χ0n) is 15.3. The molecule has 4 N–H and O–H groups in total. The summed E-state index contributed by atoms with van der Waals surface area (Å²) in [5.41, 5.74) is 8.38. The van der Waals surface area contributed by atoms with E-state index in [9.17, 15) is 9.59 Å². The van der Waals surface area contributed by atoms with Gasteiger partial charge >= 0.3 is 0 Å². The Hall–Kier alpha value is -3.40. The quantitative estimate of drug-likeness (QED) is 0.599. The second kappa shape index (κ2) is 6.97. The second-order valence-corrected chi connectivity index (χ2v) is 7.66. The van der Waals surface area contributed by atoms with Crippen molar-refractivity contribution in [2.24, 2.45) is 5.73 Å². The van der Waals surface area contributed by atoms with Crippen molar-refractivity contribution in [1.29, 1.82) is 0 Å². The summed E-state index contributed by atoms with van der Waals surface area (Å²) in [6.45, 7) is 3.97. The largest absolute Gasteiger partial charge is 0.383 e. The maximum Gasteiger partial charge on any atom is 0.260 e. The van der Waals surface area contributed by atoms with Crippen molar-refractivity contribution >= 4 is 28.0 Å². The first-order chi connectivity index (χ1) is 13.4. The Labute approximate surface area is 164 Å². The normalized spacial score (nSPS) is 16.4. The molecule has 3 aromatic rings. The summed E-state index contributed by atoms with van der Waals surface area (Å²) in [5, 5.41) is 14.6. The van der Waals surface area contributed by atoms with E-state index in [2.05, 4.69) is 20.8 Å². The molecule has 0 radical (unpaired) electrons. The van der Waals surface area contributed by atoms with Gasteiger partial charge in [-0.1, -0.05) is 0 Å². The first-order valence-electron chi connectivity index (χ1n) is 8.65. The van der Waals surface area contributed by atoms with Gasteiger partial charge in [-0.05, 0) is 31.7 Å². The van der Waals surface area contributed by atoms with Crippen LogP contribution < -0.4 is 16.4 Å². The topological polar surface area (TPSA) is 119 Å². The van der Waals surface area contributed by atoms with Gasteiger partial charge < -0.3 is 16.4 Å². The van der Waals surface area contributed by atoms with Crippen LogP contribution in [0.1, 0.15) is 24.2 Å². The first-order valence-corrected chi connectivity index (χ1v) is 9.46. The van der Waals surface area contributed by atoms with Crippen molar-refractivity contribution in [2.75, 3.05) is 0 Å². The lowest BCUT2D eigenvalue weighted by molar-refractivity contribution is -0.118. The second-order valence-electron chi connectivity index (χ2n) is 6.63. The molecule has 4 rings (SSSR count). The summed E-state index contributed by atoms with van der Waals surface area (Å²) >= 11 is 1.43. The number of aromatic nitrogens is 4. The Morgan fingerprint density at radius 2 is 2.14 bits per heavy atom. The van der Waals surface area contributed by atoms with Crippen LogP contribution in [0.25, 0.3) is 15.3 Å². The van der Waals surface area contributed by atoms with Gasteiger partial charge in [0.15, 0.2) is 0 Å². The highest BCUT2D eigenvalue weighted by molar-refractivity contribution is 7.21. The van der Waals surface area contributed by atoms with Crippen molar-refractivity contribution < 1.29 is 9.59 Å². The lowest BCUT2D eigenvalue weighted by Gasteiger charge is -2.21. The molecule has 10 heteroatoms. The fraction of sp³-hybridized carbons (Fsp3) is 0.222. The van der Waals surface area contributed by atoms with Gasteiger partial charge in [-0.3, -0.25) is 14.3 Å². The standard InChI is InChI=1S/C18H19N7O2S/c1-10-3-14(11(2)20-4-10)23-17(27)13-6-22-25-8-15(28-18(13)25)12-5-21-24(7-12)9-16(19)26/h3-8,11,20H,9H2,1-2H3,(H2,19,26)(H,23,27). The molecule has 1 atom stereocenters. The molecule has 1 aliphatic heterocycles. The van der Waals surface area contributed by atoms with Gasteiger partial charge in [-0.25, -0.2) is 4.52 Å². The van der Waals surface area contributed by atoms with Gasteiger partial charge in [0.05, 0.1) is 28.9 Å². The van der Waals surface area contributed by atoms with Crippen LogP contribution in [0, 0.1) is 0 Å². The minimum absolute atomic E-state index is 0.0192. The van der Waals surface area contributed by atoms with Crippen LogP contribution in [-0.2, 0) is 11.3 Å². The van der Waals surface area contributed by atoms with E-state index >= 15 is 0 Å². The highest BCUT2D eigenvalue weighted by atomic mass is 32.1. The predicted octanol–water partition coefficient (Wildman–Crippen LogP) is 1.25. The van der Waals surface area contributed by atoms with Gasteiger partial charge in [0.1, 0.15) is 11.4 Å². The zero-order valence-corrected chi connectivity index (χ0v) is 16.2. The van der Waals surface area contributed by atoms with Crippen LogP contribution in [-0.4, -0.2) is 37.3 Å². The Kier molecular flexibility index (Phi) is 4.47. The summed E-state index contributed by atoms with van der Waals surface area (Å²) < 4.78 is 3.15. The van der Waals surface area contributed by atoms with Crippen LogP contribution in [0.5, 0.6) is 0 Å². The number of amides is 2. The van der Waals surface area contributed by atoms with Gasteiger partial charge in [0.2, 0.25) is 5.91 Å². The fourth-order valence-corrected chi connectivity index (χ4v) is 3.95. The minimum Gasteiger partial charge on any atom is -0.383 e. The third kappa shape index (κ3) is 3.41. The molecule has 2 amide bonds. The third-order valence-electron chi connectivity index (χ3n) is 4.34. The van der Waals surface area contributed by atoms with E-state index in [-0.39, 0.29) is 18.5 Å². The van der Waals surface area contributed by atoms with Gasteiger partial charge in [0.25, 0.3) is 5.91 Å². The molecule has 0 saturated carbocycles. The molecule has 0 fully saturated rings. The number of primary amides is 1. The number of carbonyl (C=O) groups excluding carboxylic acids is 2. The number of nitrogens with one attached hydrogen (secondary N) is 2. The van der Waals surface area contributed by atoms with E-state index in [1.54, 1.807) is 23.1 Å². The third-order valence-corrected chi connectivity index (χ3v) is 5.51. The number of hydrogen-bond donors (Lipinski definition) is 3. The zero-order chi connectivity index (χ0) is 19.8. The maximum absolute atomic E-state index is 12.8. The highest BCUT2D eigenvalue weighted by Crippen LogP contribution is 2.30. The molecule has 28 heavy (non-hydrogen) atoms. The Balaban J connectivity index is 1.59. The van der Waals surface area contributed by atoms with Crippen LogP contribution in [0.2, 0.25) is 0 Å². The number of carbonyl (C=O) groups is 2. The van der Waals surface area contributed by atoms with E-state index in [1.165, 1.54) is 16.0 Å². The van der Waals surface area contributed by atoms with E-state index in [4.69, 9.17) is 5.73 Å². The van der Waals surface area contributed by atoms with Crippen LogP contribution in [0.3, 0.4) is 0 Å². The number of fused-ring (bicyclic) bond motifs is 1. The smallest absolute Gasteiger partial charge is 0.260 e. The summed E-state index contributed by atoms with van der Waals surface area (Å²) in [7, 11) is 0. The van der Waals surface area contributed by atoms with E-state index < -0.39 is 5.91 Å². The molecule has 0 aromatic carbocycles. The van der Waals surface area contributed by atoms with Crippen LogP contribution >= 0.6 is 11.3 Å².